The first-order chi connectivity index (χ1) is 18.3. The van der Waals surface area contributed by atoms with E-state index in [1.807, 2.05) is 73.6 Å². The molecule has 3 aromatic carbocycles. The fraction of sp³-hybridized carbons (Fsp3) is 0.241. The summed E-state index contributed by atoms with van der Waals surface area (Å²) in [5, 5.41) is 11.8. The highest BCUT2D eigenvalue weighted by Crippen LogP contribution is 2.37. The summed E-state index contributed by atoms with van der Waals surface area (Å²) in [6, 6.07) is 21.6. The van der Waals surface area contributed by atoms with E-state index in [1.54, 1.807) is 30.1 Å². The maximum absolute atomic E-state index is 13.2. The molecule has 0 aliphatic carbocycles. The summed E-state index contributed by atoms with van der Waals surface area (Å²) in [6.07, 6.45) is 0. The quantitative estimate of drug-likeness (QED) is 0.335. The number of aliphatic imine (C=N–C) groups is 1. The van der Waals surface area contributed by atoms with Crippen molar-refractivity contribution in [3.63, 3.8) is 0 Å². The number of fused-ring (bicyclic) bond motifs is 1. The maximum Gasteiger partial charge on any atom is 0.338 e. The lowest BCUT2D eigenvalue weighted by Crippen LogP contribution is -2.34. The molecule has 38 heavy (non-hydrogen) atoms. The van der Waals surface area contributed by atoms with Crippen molar-refractivity contribution in [2.45, 2.75) is 5.92 Å². The normalized spacial score (nSPS) is 14.7. The van der Waals surface area contributed by atoms with Gasteiger partial charge in [-0.1, -0.05) is 36.4 Å². The molecule has 0 saturated carbocycles. The van der Waals surface area contributed by atoms with Crippen LogP contribution in [-0.2, 0) is 14.3 Å². The highest BCUT2D eigenvalue weighted by atomic mass is 16.5. The summed E-state index contributed by atoms with van der Waals surface area (Å²) in [4.78, 5) is 46.1. The van der Waals surface area contributed by atoms with E-state index in [0.29, 0.717) is 29.2 Å². The van der Waals surface area contributed by atoms with Gasteiger partial charge in [-0.05, 0) is 61.6 Å². The molecule has 1 aliphatic rings. The molecular weight excluding hydrogens is 484 g/mol. The van der Waals surface area contributed by atoms with E-state index in [9.17, 15) is 14.4 Å². The molecule has 0 spiro atoms. The summed E-state index contributed by atoms with van der Waals surface area (Å²) >= 11 is 0. The van der Waals surface area contributed by atoms with Crippen LogP contribution in [0.25, 0.3) is 0 Å². The Labute approximate surface area is 221 Å². The molecule has 2 N–H and O–H groups in total. The Bertz CT molecular complexity index is 1350. The minimum atomic E-state index is -0.695. The van der Waals surface area contributed by atoms with E-state index in [1.165, 1.54) is 0 Å². The average Bonchev–Trinajstić information content (AvgIpc) is 3.25. The molecule has 1 aliphatic heterocycles. The van der Waals surface area contributed by atoms with Gasteiger partial charge < -0.3 is 25.0 Å². The van der Waals surface area contributed by atoms with Gasteiger partial charge in [0.25, 0.3) is 0 Å². The van der Waals surface area contributed by atoms with Crippen LogP contribution >= 0.6 is 0 Å². The Morgan fingerprint density at radius 2 is 1.68 bits per heavy atom. The average molecular weight is 515 g/mol. The van der Waals surface area contributed by atoms with Gasteiger partial charge in [0.2, 0.25) is 11.8 Å². The van der Waals surface area contributed by atoms with Crippen LogP contribution in [0.2, 0.25) is 0 Å². The van der Waals surface area contributed by atoms with Crippen molar-refractivity contribution in [3.8, 4) is 0 Å². The Morgan fingerprint density at radius 3 is 2.34 bits per heavy atom. The number of nitrogens with zero attached hydrogens (tertiary/aromatic N) is 3. The fourth-order valence-electron chi connectivity index (χ4n) is 4.20. The van der Waals surface area contributed by atoms with Crippen LogP contribution in [0.3, 0.4) is 0 Å². The summed E-state index contributed by atoms with van der Waals surface area (Å²) in [6.45, 7) is -0.0736. The summed E-state index contributed by atoms with van der Waals surface area (Å²) < 4.78 is 4.99. The predicted molar refractivity (Wildman–Crippen MR) is 146 cm³/mol. The molecule has 1 atom stereocenters. The first-order valence-corrected chi connectivity index (χ1v) is 12.2. The number of carbonyl (C=O) groups excluding carboxylic acids is 3. The zero-order valence-corrected chi connectivity index (χ0v) is 21.5. The minimum absolute atomic E-state index is 0.0323. The number of amides is 2. The van der Waals surface area contributed by atoms with Crippen LogP contribution in [-0.4, -0.2) is 74.4 Å². The molecule has 0 aromatic heterocycles. The first kappa shape index (κ1) is 26.7. The van der Waals surface area contributed by atoms with E-state index in [2.05, 4.69) is 5.32 Å². The molecule has 1 heterocycles. The molecule has 3 aromatic rings. The number of ether oxygens (including phenoxy) is 1. The number of likely N-dealkylation sites (N-methyl/N-ethyl adjacent to an activating group) is 2. The molecule has 0 radical (unpaired) electrons. The number of anilines is 2. The van der Waals surface area contributed by atoms with Crippen LogP contribution < -0.4 is 10.2 Å². The lowest BCUT2D eigenvalue weighted by Gasteiger charge is -2.20. The minimum Gasteiger partial charge on any atom is -0.460 e. The maximum atomic E-state index is 13.2. The second-order valence-electron chi connectivity index (χ2n) is 9.15. The number of aliphatic hydroxyl groups excluding tert-OH is 1. The Hall–Kier alpha value is -4.34. The largest absolute Gasteiger partial charge is 0.460 e. The van der Waals surface area contributed by atoms with E-state index >= 15 is 0 Å². The van der Waals surface area contributed by atoms with Gasteiger partial charge in [0.15, 0.2) is 0 Å². The third kappa shape index (κ3) is 5.96. The fourth-order valence-corrected chi connectivity index (χ4v) is 4.20. The molecule has 0 bridgehead atoms. The smallest absolute Gasteiger partial charge is 0.338 e. The number of hydrogen-bond acceptors (Lipinski definition) is 7. The number of benzene rings is 3. The van der Waals surface area contributed by atoms with Gasteiger partial charge in [-0.25, -0.2) is 4.79 Å². The second kappa shape index (κ2) is 11.8. The zero-order valence-electron chi connectivity index (χ0n) is 21.5. The van der Waals surface area contributed by atoms with Crippen molar-refractivity contribution in [1.29, 1.82) is 0 Å². The highest BCUT2D eigenvalue weighted by Gasteiger charge is 2.36. The van der Waals surface area contributed by atoms with Crippen molar-refractivity contribution in [3.05, 3.63) is 89.5 Å². The van der Waals surface area contributed by atoms with Crippen LogP contribution in [0.15, 0.2) is 77.8 Å². The summed E-state index contributed by atoms with van der Waals surface area (Å²) in [5.74, 6) is -1.56. The van der Waals surface area contributed by atoms with Gasteiger partial charge in [-0.3, -0.25) is 14.6 Å². The Morgan fingerprint density at radius 1 is 0.974 bits per heavy atom. The molecule has 0 saturated heterocycles. The lowest BCUT2D eigenvalue weighted by atomic mass is 9.90. The van der Waals surface area contributed by atoms with Crippen molar-refractivity contribution in [1.82, 2.24) is 4.90 Å². The number of rotatable bonds is 9. The number of nitrogens with one attached hydrogen (secondary N) is 1. The van der Waals surface area contributed by atoms with Crippen molar-refractivity contribution >= 4 is 40.6 Å². The van der Waals surface area contributed by atoms with Crippen molar-refractivity contribution < 1.29 is 24.2 Å². The molecule has 2 amide bonds. The predicted octanol–water partition coefficient (Wildman–Crippen LogP) is 3.22. The summed E-state index contributed by atoms with van der Waals surface area (Å²) in [5.41, 5.74) is 4.20. The second-order valence-corrected chi connectivity index (χ2v) is 9.15. The molecule has 4 rings (SSSR count). The third-order valence-corrected chi connectivity index (χ3v) is 6.10. The van der Waals surface area contributed by atoms with E-state index in [0.717, 1.165) is 11.3 Å². The number of carbonyl (C=O) groups is 3. The Balaban J connectivity index is 1.68. The molecular formula is C29H30N4O5. The van der Waals surface area contributed by atoms with Gasteiger partial charge >= 0.3 is 5.97 Å². The first-order valence-electron chi connectivity index (χ1n) is 12.2. The van der Waals surface area contributed by atoms with Crippen molar-refractivity contribution in [2.24, 2.45) is 4.99 Å². The van der Waals surface area contributed by atoms with E-state index in [4.69, 9.17) is 14.8 Å². The van der Waals surface area contributed by atoms with Gasteiger partial charge in [0, 0.05) is 18.4 Å². The van der Waals surface area contributed by atoms with Crippen molar-refractivity contribution in [2.75, 3.05) is 51.1 Å². The van der Waals surface area contributed by atoms with Crippen LogP contribution in [0.4, 0.5) is 17.1 Å². The third-order valence-electron chi connectivity index (χ3n) is 6.10. The molecule has 9 heteroatoms. The topological polar surface area (TPSA) is 112 Å². The van der Waals surface area contributed by atoms with E-state index in [-0.39, 0.29) is 30.6 Å². The lowest BCUT2D eigenvalue weighted by molar-refractivity contribution is -0.119. The number of aliphatic hydroxyl groups is 1. The number of hydrogen-bond donors (Lipinski definition) is 2. The van der Waals surface area contributed by atoms with Crippen LogP contribution in [0.1, 0.15) is 27.4 Å². The van der Waals surface area contributed by atoms with E-state index < -0.39 is 11.9 Å². The molecule has 1 unspecified atom stereocenters. The van der Waals surface area contributed by atoms with Gasteiger partial charge in [0.1, 0.15) is 12.5 Å². The van der Waals surface area contributed by atoms with Crippen LogP contribution in [0.5, 0.6) is 0 Å². The highest BCUT2D eigenvalue weighted by molar-refractivity contribution is 6.24. The monoisotopic (exact) mass is 514 g/mol. The number of esters is 1. The standard InChI is InChI=1S/C29H30N4O5/c1-32(2)18-25(35)33(3)22-12-10-21(11-13-22)30-27(19-7-5-4-6-8-19)26-23-14-9-20(29(37)38-16-15-34)17-24(23)31-28(26)36/h4-14,17,26,34H,15-16,18H2,1-3H3,(H,31,36). The summed E-state index contributed by atoms with van der Waals surface area (Å²) in [7, 11) is 5.42. The van der Waals surface area contributed by atoms with Gasteiger partial charge in [-0.2, -0.15) is 0 Å². The SMILES string of the molecule is CN(C)CC(=O)N(C)c1ccc(N=C(c2ccccc2)C2C(=O)Nc3cc(C(=O)OCCO)ccc32)cc1. The van der Waals surface area contributed by atoms with Crippen LogP contribution in [0, 0.1) is 0 Å². The Kier molecular flexibility index (Phi) is 8.30. The zero-order chi connectivity index (χ0) is 27.2. The van der Waals surface area contributed by atoms with Gasteiger partial charge in [-0.15, -0.1) is 0 Å². The molecule has 0 fully saturated rings. The van der Waals surface area contributed by atoms with Gasteiger partial charge in [0.05, 0.1) is 30.1 Å². The molecule has 9 nitrogen and oxygen atoms in total. The molecule has 196 valence electrons.